The number of aromatic nitrogens is 2. The molecule has 0 aliphatic rings. The lowest BCUT2D eigenvalue weighted by atomic mass is 10.1. The number of carboxylic acids is 1. The fourth-order valence-corrected chi connectivity index (χ4v) is 2.85. The highest BCUT2D eigenvalue weighted by atomic mass is 32.2. The Hall–Kier alpha value is -2.68. The summed E-state index contributed by atoms with van der Waals surface area (Å²) in [7, 11) is -3.56. The zero-order valence-corrected chi connectivity index (χ0v) is 14.2. The molecule has 0 aliphatic carbocycles. The number of hydrogen-bond donors (Lipinski definition) is 2. The number of sulfone groups is 1. The first kappa shape index (κ1) is 17.7. The summed E-state index contributed by atoms with van der Waals surface area (Å²) in [6.45, 7) is 2.93. The van der Waals surface area contributed by atoms with E-state index < -0.39 is 27.3 Å². The maximum absolute atomic E-state index is 12.3. The fraction of sp³-hybridized carbons (Fsp3) is 0.267. The van der Waals surface area contributed by atoms with Crippen molar-refractivity contribution in [2.75, 3.05) is 11.6 Å². The Kier molecular flexibility index (Phi) is 4.48. The number of nitrogens with one attached hydrogen (secondary N) is 1. The summed E-state index contributed by atoms with van der Waals surface area (Å²) in [4.78, 5) is 23.5. The molecule has 24 heavy (non-hydrogen) atoms. The summed E-state index contributed by atoms with van der Waals surface area (Å²) in [6, 6.07) is 5.83. The van der Waals surface area contributed by atoms with E-state index in [0.29, 0.717) is 0 Å². The molecule has 2 rings (SSSR count). The third-order valence-electron chi connectivity index (χ3n) is 3.47. The minimum Gasteiger partial charge on any atom is -0.479 e. The maximum Gasteiger partial charge on any atom is 0.331 e. The molecule has 8 nitrogen and oxygen atoms in total. The molecule has 1 heterocycles. The van der Waals surface area contributed by atoms with Crippen molar-refractivity contribution in [1.29, 1.82) is 0 Å². The highest BCUT2D eigenvalue weighted by Gasteiger charge is 2.30. The molecule has 0 fully saturated rings. The summed E-state index contributed by atoms with van der Waals surface area (Å²) in [5.41, 5.74) is -1.02. The summed E-state index contributed by atoms with van der Waals surface area (Å²) < 4.78 is 24.7. The zero-order valence-electron chi connectivity index (χ0n) is 13.3. The number of nitrogens with zero attached hydrogens (tertiary/aromatic N) is 2. The van der Waals surface area contributed by atoms with Crippen LogP contribution in [0, 0.1) is 0 Å². The van der Waals surface area contributed by atoms with Gasteiger partial charge in [-0.3, -0.25) is 9.48 Å². The Balaban J connectivity index is 2.30. The average molecular weight is 351 g/mol. The second-order valence-electron chi connectivity index (χ2n) is 5.76. The van der Waals surface area contributed by atoms with E-state index in [4.69, 9.17) is 0 Å². The SMILES string of the molecule is CC(C)(C(=O)O)n1cc(NC(=O)c2ccccc2S(C)(=O)=O)cn1. The van der Waals surface area contributed by atoms with Crippen LogP contribution in [0.25, 0.3) is 0 Å². The number of hydrogen-bond acceptors (Lipinski definition) is 5. The predicted octanol–water partition coefficient (Wildman–Crippen LogP) is 1.36. The summed E-state index contributed by atoms with van der Waals surface area (Å²) in [6.07, 6.45) is 3.69. The molecule has 1 aromatic carbocycles. The molecule has 0 aliphatic heterocycles. The largest absolute Gasteiger partial charge is 0.479 e. The van der Waals surface area contributed by atoms with Crippen LogP contribution >= 0.6 is 0 Å². The van der Waals surface area contributed by atoms with Gasteiger partial charge in [0.05, 0.1) is 22.3 Å². The lowest BCUT2D eigenvalue weighted by molar-refractivity contribution is -0.146. The molecule has 128 valence electrons. The highest BCUT2D eigenvalue weighted by Crippen LogP contribution is 2.20. The standard InChI is InChI=1S/C15H17N3O5S/c1-15(2,14(20)21)18-9-10(8-16-18)17-13(19)11-6-4-5-7-12(11)24(3,22)23/h4-9H,1-3H3,(H,17,19)(H,20,21). The topological polar surface area (TPSA) is 118 Å². The first-order chi connectivity index (χ1) is 11.0. The van der Waals surface area contributed by atoms with Crippen molar-refractivity contribution in [2.24, 2.45) is 0 Å². The molecule has 0 spiro atoms. The highest BCUT2D eigenvalue weighted by molar-refractivity contribution is 7.90. The number of carbonyl (C=O) groups is 2. The van der Waals surface area contributed by atoms with Crippen LogP contribution in [-0.4, -0.2) is 41.4 Å². The third-order valence-corrected chi connectivity index (χ3v) is 4.62. The number of carboxylic acid groups (broad SMARTS) is 1. The second-order valence-corrected chi connectivity index (χ2v) is 7.74. The molecular weight excluding hydrogens is 334 g/mol. The van der Waals surface area contributed by atoms with Gasteiger partial charge in [-0.25, -0.2) is 13.2 Å². The van der Waals surface area contributed by atoms with Crippen LogP contribution in [0.4, 0.5) is 5.69 Å². The molecule has 0 radical (unpaired) electrons. The molecule has 2 aromatic rings. The van der Waals surface area contributed by atoms with E-state index in [2.05, 4.69) is 10.4 Å². The lowest BCUT2D eigenvalue weighted by Crippen LogP contribution is -2.35. The Labute approximate surface area is 139 Å². The van der Waals surface area contributed by atoms with E-state index >= 15 is 0 Å². The number of aliphatic carboxylic acids is 1. The molecule has 0 saturated carbocycles. The number of amides is 1. The number of benzene rings is 1. The molecular formula is C15H17N3O5S. The van der Waals surface area contributed by atoms with E-state index in [0.717, 1.165) is 6.26 Å². The fourth-order valence-electron chi connectivity index (χ4n) is 1.97. The van der Waals surface area contributed by atoms with Crippen molar-refractivity contribution >= 4 is 27.4 Å². The van der Waals surface area contributed by atoms with Crippen LogP contribution in [0.5, 0.6) is 0 Å². The van der Waals surface area contributed by atoms with Crippen molar-refractivity contribution in [3.63, 3.8) is 0 Å². The van der Waals surface area contributed by atoms with Gasteiger partial charge in [0.25, 0.3) is 5.91 Å². The molecule has 0 unspecified atom stereocenters. The van der Waals surface area contributed by atoms with Gasteiger partial charge < -0.3 is 10.4 Å². The van der Waals surface area contributed by atoms with Gasteiger partial charge >= 0.3 is 5.97 Å². The molecule has 1 aromatic heterocycles. The molecule has 0 saturated heterocycles. The first-order valence-electron chi connectivity index (χ1n) is 6.92. The van der Waals surface area contributed by atoms with Gasteiger partial charge in [0.15, 0.2) is 15.4 Å². The van der Waals surface area contributed by atoms with Crippen molar-refractivity contribution < 1.29 is 23.1 Å². The summed E-state index contributed by atoms with van der Waals surface area (Å²) >= 11 is 0. The monoisotopic (exact) mass is 351 g/mol. The van der Waals surface area contributed by atoms with E-state index in [9.17, 15) is 23.1 Å². The summed E-state index contributed by atoms with van der Waals surface area (Å²) in [5, 5.41) is 15.6. The number of carbonyl (C=O) groups excluding carboxylic acids is 1. The Morgan fingerprint density at radius 1 is 1.25 bits per heavy atom. The van der Waals surface area contributed by atoms with Gasteiger partial charge in [-0.05, 0) is 26.0 Å². The lowest BCUT2D eigenvalue weighted by Gasteiger charge is -2.19. The van der Waals surface area contributed by atoms with Crippen LogP contribution in [0.1, 0.15) is 24.2 Å². The molecule has 1 amide bonds. The first-order valence-corrected chi connectivity index (χ1v) is 8.81. The van der Waals surface area contributed by atoms with Crippen molar-refractivity contribution in [1.82, 2.24) is 9.78 Å². The molecule has 2 N–H and O–H groups in total. The van der Waals surface area contributed by atoms with Gasteiger partial charge in [0, 0.05) is 12.5 Å². The van der Waals surface area contributed by atoms with E-state index in [-0.39, 0.29) is 16.1 Å². The molecule has 0 atom stereocenters. The van der Waals surface area contributed by atoms with Crippen molar-refractivity contribution in [3.05, 3.63) is 42.2 Å². The quantitative estimate of drug-likeness (QED) is 0.839. The number of rotatable bonds is 5. The van der Waals surface area contributed by atoms with Crippen LogP contribution < -0.4 is 5.32 Å². The minimum atomic E-state index is -3.56. The normalized spacial score (nSPS) is 12.0. The van der Waals surface area contributed by atoms with Gasteiger partial charge in [0.2, 0.25) is 0 Å². The predicted molar refractivity (Wildman–Crippen MR) is 86.7 cm³/mol. The maximum atomic E-state index is 12.3. The average Bonchev–Trinajstić information content (AvgIpc) is 2.95. The van der Waals surface area contributed by atoms with Gasteiger partial charge in [-0.1, -0.05) is 12.1 Å². The Morgan fingerprint density at radius 2 is 1.88 bits per heavy atom. The summed E-state index contributed by atoms with van der Waals surface area (Å²) in [5.74, 6) is -1.70. The van der Waals surface area contributed by atoms with E-state index in [1.54, 1.807) is 6.07 Å². The number of anilines is 1. The molecule has 0 bridgehead atoms. The third kappa shape index (κ3) is 3.46. The van der Waals surface area contributed by atoms with E-state index in [1.807, 2.05) is 0 Å². The van der Waals surface area contributed by atoms with Gasteiger partial charge in [-0.15, -0.1) is 0 Å². The zero-order chi connectivity index (χ0) is 18.1. The van der Waals surface area contributed by atoms with E-state index in [1.165, 1.54) is 49.1 Å². The van der Waals surface area contributed by atoms with Gasteiger partial charge in [-0.2, -0.15) is 5.10 Å². The minimum absolute atomic E-state index is 0.00486. The van der Waals surface area contributed by atoms with Crippen LogP contribution in [0.3, 0.4) is 0 Å². The Bertz CT molecular complexity index is 899. The van der Waals surface area contributed by atoms with Crippen LogP contribution in [0.15, 0.2) is 41.6 Å². The smallest absolute Gasteiger partial charge is 0.331 e. The van der Waals surface area contributed by atoms with Crippen molar-refractivity contribution in [2.45, 2.75) is 24.3 Å². The van der Waals surface area contributed by atoms with Crippen LogP contribution in [0.2, 0.25) is 0 Å². The Morgan fingerprint density at radius 3 is 2.46 bits per heavy atom. The second kappa shape index (κ2) is 6.08. The molecule has 9 heteroatoms. The van der Waals surface area contributed by atoms with Crippen molar-refractivity contribution in [3.8, 4) is 0 Å². The van der Waals surface area contributed by atoms with Gasteiger partial charge in [0.1, 0.15) is 0 Å². The van der Waals surface area contributed by atoms with Crippen LogP contribution in [-0.2, 0) is 20.2 Å².